The molecule has 2 aromatic rings. The van der Waals surface area contributed by atoms with E-state index in [1.54, 1.807) is 24.3 Å². The Morgan fingerprint density at radius 1 is 1.10 bits per heavy atom. The van der Waals surface area contributed by atoms with Gasteiger partial charge in [-0.25, -0.2) is 0 Å². The topological polar surface area (TPSA) is 78.4 Å². The van der Waals surface area contributed by atoms with E-state index < -0.39 is 4.92 Å². The Hall–Kier alpha value is -1.82. The van der Waals surface area contributed by atoms with Gasteiger partial charge in [0.05, 0.1) is 15.0 Å². The quantitative estimate of drug-likeness (QED) is 0.666. The monoisotopic (exact) mass is 326 g/mol. The fourth-order valence-corrected chi connectivity index (χ4v) is 2.07. The Kier molecular flexibility index (Phi) is 5.01. The molecule has 0 atom stereocenters. The predicted octanol–water partition coefficient (Wildman–Crippen LogP) is 3.94. The van der Waals surface area contributed by atoms with Crippen molar-refractivity contribution in [2.75, 3.05) is 0 Å². The second kappa shape index (κ2) is 6.76. The van der Waals surface area contributed by atoms with Crippen molar-refractivity contribution in [2.24, 2.45) is 5.73 Å². The van der Waals surface area contributed by atoms with Crippen LogP contribution in [0.1, 0.15) is 11.1 Å². The molecule has 2 aromatic carbocycles. The van der Waals surface area contributed by atoms with Crippen LogP contribution in [0.15, 0.2) is 36.4 Å². The maximum absolute atomic E-state index is 11.0. The number of benzene rings is 2. The molecule has 7 heteroatoms. The largest absolute Gasteiger partial charge is 0.482 e. The summed E-state index contributed by atoms with van der Waals surface area (Å²) in [5.74, 6) is 0.184. The molecule has 0 heterocycles. The van der Waals surface area contributed by atoms with Gasteiger partial charge in [-0.15, -0.1) is 0 Å². The minimum Gasteiger partial charge on any atom is -0.482 e. The highest BCUT2D eigenvalue weighted by molar-refractivity contribution is 6.42. The minimum absolute atomic E-state index is 0.113. The summed E-state index contributed by atoms with van der Waals surface area (Å²) >= 11 is 11.7. The van der Waals surface area contributed by atoms with Crippen molar-refractivity contribution < 1.29 is 9.66 Å². The van der Waals surface area contributed by atoms with Gasteiger partial charge in [-0.1, -0.05) is 35.3 Å². The lowest BCUT2D eigenvalue weighted by atomic mass is 10.2. The number of nitrogens with two attached hydrogens (primary N) is 1. The van der Waals surface area contributed by atoms with Crippen molar-refractivity contribution in [3.63, 3.8) is 0 Å². The first kappa shape index (κ1) is 15.6. The molecule has 0 aliphatic heterocycles. The second-order valence-electron chi connectivity index (χ2n) is 4.30. The van der Waals surface area contributed by atoms with Crippen LogP contribution in [-0.4, -0.2) is 4.92 Å². The van der Waals surface area contributed by atoms with E-state index in [2.05, 4.69) is 0 Å². The van der Waals surface area contributed by atoms with Gasteiger partial charge >= 0.3 is 5.69 Å². The summed E-state index contributed by atoms with van der Waals surface area (Å²) in [5, 5.41) is 11.9. The van der Waals surface area contributed by atoms with Crippen molar-refractivity contribution in [3.8, 4) is 5.75 Å². The van der Waals surface area contributed by atoms with Crippen molar-refractivity contribution >= 4 is 28.9 Å². The Morgan fingerprint density at radius 2 is 1.81 bits per heavy atom. The molecule has 2 N–H and O–H groups in total. The van der Waals surface area contributed by atoms with Crippen LogP contribution in [0.5, 0.6) is 5.75 Å². The maximum Gasteiger partial charge on any atom is 0.311 e. The number of hydrogen-bond acceptors (Lipinski definition) is 4. The number of nitro benzene ring substituents is 1. The third-order valence-electron chi connectivity index (χ3n) is 2.83. The van der Waals surface area contributed by atoms with Gasteiger partial charge in [-0.3, -0.25) is 10.1 Å². The standard InChI is InChI=1S/C14H12Cl2N2O3/c15-11-3-1-10(5-12(11)16)8-21-14-4-2-9(7-17)6-13(14)18(19)20/h1-6H,7-8,17H2. The molecule has 2 rings (SSSR count). The Labute approximate surface area is 131 Å². The van der Waals surface area contributed by atoms with E-state index in [4.69, 9.17) is 33.7 Å². The zero-order chi connectivity index (χ0) is 15.4. The molecule has 0 unspecified atom stereocenters. The fourth-order valence-electron chi connectivity index (χ4n) is 1.75. The van der Waals surface area contributed by atoms with E-state index in [1.807, 2.05) is 0 Å². The number of nitrogens with zero attached hydrogens (tertiary/aromatic N) is 1. The van der Waals surface area contributed by atoms with Crippen molar-refractivity contribution in [2.45, 2.75) is 13.2 Å². The van der Waals surface area contributed by atoms with Crippen LogP contribution in [0, 0.1) is 10.1 Å². The molecule has 0 aliphatic rings. The zero-order valence-corrected chi connectivity index (χ0v) is 12.4. The third-order valence-corrected chi connectivity index (χ3v) is 3.57. The molecule has 0 spiro atoms. The minimum atomic E-state index is -0.497. The SMILES string of the molecule is NCc1ccc(OCc2ccc(Cl)c(Cl)c2)c([N+](=O)[O-])c1. The van der Waals surface area contributed by atoms with Gasteiger partial charge in [0.25, 0.3) is 0 Å². The Bertz CT molecular complexity index is 677. The summed E-state index contributed by atoms with van der Waals surface area (Å²) in [6, 6.07) is 9.69. The van der Waals surface area contributed by atoms with Crippen molar-refractivity contribution in [3.05, 3.63) is 67.7 Å². The third kappa shape index (κ3) is 3.85. The molecule has 0 aromatic heterocycles. The van der Waals surface area contributed by atoms with E-state index in [9.17, 15) is 10.1 Å². The highest BCUT2D eigenvalue weighted by Crippen LogP contribution is 2.29. The van der Waals surface area contributed by atoms with E-state index in [-0.39, 0.29) is 24.6 Å². The van der Waals surface area contributed by atoms with E-state index in [0.717, 1.165) is 5.56 Å². The number of halogens is 2. The van der Waals surface area contributed by atoms with Gasteiger partial charge in [-0.05, 0) is 29.3 Å². The lowest BCUT2D eigenvalue weighted by Crippen LogP contribution is -2.02. The van der Waals surface area contributed by atoms with Crippen LogP contribution in [0.25, 0.3) is 0 Å². The van der Waals surface area contributed by atoms with Crippen LogP contribution in [-0.2, 0) is 13.2 Å². The summed E-state index contributed by atoms with van der Waals surface area (Å²) in [4.78, 5) is 10.5. The van der Waals surface area contributed by atoms with E-state index in [0.29, 0.717) is 15.6 Å². The molecule has 0 radical (unpaired) electrons. The maximum atomic E-state index is 11.0. The van der Waals surface area contributed by atoms with Crippen LogP contribution < -0.4 is 10.5 Å². The molecule has 21 heavy (non-hydrogen) atoms. The Balaban J connectivity index is 2.19. The van der Waals surface area contributed by atoms with E-state index >= 15 is 0 Å². The van der Waals surface area contributed by atoms with Gasteiger partial charge in [0.1, 0.15) is 6.61 Å². The molecule has 0 fully saturated rings. The van der Waals surface area contributed by atoms with Gasteiger partial charge in [0, 0.05) is 12.6 Å². The van der Waals surface area contributed by atoms with Gasteiger partial charge in [-0.2, -0.15) is 0 Å². The number of rotatable bonds is 5. The van der Waals surface area contributed by atoms with Crippen molar-refractivity contribution in [1.82, 2.24) is 0 Å². The average Bonchev–Trinajstić information content (AvgIpc) is 2.48. The summed E-state index contributed by atoms with van der Waals surface area (Å²) in [5.41, 5.74) is 6.80. The first-order valence-corrected chi connectivity index (χ1v) is 6.81. The second-order valence-corrected chi connectivity index (χ2v) is 5.11. The molecule has 110 valence electrons. The molecular weight excluding hydrogens is 315 g/mol. The first-order chi connectivity index (χ1) is 10.0. The molecule has 0 bridgehead atoms. The summed E-state index contributed by atoms with van der Waals surface area (Å²) in [7, 11) is 0. The molecule has 5 nitrogen and oxygen atoms in total. The summed E-state index contributed by atoms with van der Waals surface area (Å²) in [6.45, 7) is 0.383. The zero-order valence-electron chi connectivity index (χ0n) is 10.9. The van der Waals surface area contributed by atoms with Crippen LogP contribution >= 0.6 is 23.2 Å². The highest BCUT2D eigenvalue weighted by atomic mass is 35.5. The predicted molar refractivity (Wildman–Crippen MR) is 81.8 cm³/mol. The van der Waals surface area contributed by atoms with Crippen LogP contribution in [0.3, 0.4) is 0 Å². The number of hydrogen-bond donors (Lipinski definition) is 1. The molecule has 0 saturated carbocycles. The van der Waals surface area contributed by atoms with Crippen LogP contribution in [0.4, 0.5) is 5.69 Å². The molecular formula is C14H12Cl2N2O3. The summed E-state index contributed by atoms with van der Waals surface area (Å²) in [6.07, 6.45) is 0. The summed E-state index contributed by atoms with van der Waals surface area (Å²) < 4.78 is 5.49. The normalized spacial score (nSPS) is 10.4. The van der Waals surface area contributed by atoms with Gasteiger partial charge < -0.3 is 10.5 Å². The molecule has 0 saturated heterocycles. The molecule has 0 aliphatic carbocycles. The average molecular weight is 327 g/mol. The lowest BCUT2D eigenvalue weighted by Gasteiger charge is -2.08. The fraction of sp³-hybridized carbons (Fsp3) is 0.143. The lowest BCUT2D eigenvalue weighted by molar-refractivity contribution is -0.386. The Morgan fingerprint density at radius 3 is 2.43 bits per heavy atom. The van der Waals surface area contributed by atoms with E-state index in [1.165, 1.54) is 12.1 Å². The highest BCUT2D eigenvalue weighted by Gasteiger charge is 2.16. The van der Waals surface area contributed by atoms with Gasteiger partial charge in [0.15, 0.2) is 5.75 Å². The molecule has 0 amide bonds. The smallest absolute Gasteiger partial charge is 0.311 e. The first-order valence-electron chi connectivity index (χ1n) is 6.05. The number of nitro groups is 1. The van der Waals surface area contributed by atoms with Crippen molar-refractivity contribution in [1.29, 1.82) is 0 Å². The number of ether oxygens (including phenoxy) is 1. The van der Waals surface area contributed by atoms with Crippen LogP contribution in [0.2, 0.25) is 10.0 Å². The van der Waals surface area contributed by atoms with Gasteiger partial charge in [0.2, 0.25) is 0 Å².